The van der Waals surface area contributed by atoms with E-state index in [-0.39, 0.29) is 64.2 Å². The van der Waals surface area contributed by atoms with Crippen molar-refractivity contribution in [2.75, 3.05) is 6.61 Å². The molecule has 0 amide bonds. The number of hydrogen-bond acceptors (Lipinski definition) is 7. The minimum Gasteiger partial charge on any atom is -0.480 e. The third-order valence-corrected chi connectivity index (χ3v) is 11.9. The van der Waals surface area contributed by atoms with Crippen LogP contribution in [0.1, 0.15) is 114 Å². The van der Waals surface area contributed by atoms with E-state index in [2.05, 4.69) is 34.6 Å². The third-order valence-electron chi connectivity index (χ3n) is 11.9. The number of aliphatic carboxylic acids is 1. The van der Waals surface area contributed by atoms with E-state index >= 15 is 0 Å². The number of fused-ring (bicyclic) bond motifs is 5. The first-order chi connectivity index (χ1) is 18.3. The van der Waals surface area contributed by atoms with Crippen molar-refractivity contribution in [2.24, 2.45) is 44.8 Å². The molecular weight excluding hydrogens is 512 g/mol. The minimum atomic E-state index is -1.65. The molecular formula is C32H50O8. The zero-order valence-corrected chi connectivity index (χ0v) is 26.0. The van der Waals surface area contributed by atoms with Gasteiger partial charge in [0.15, 0.2) is 11.2 Å². The van der Waals surface area contributed by atoms with Crippen LogP contribution in [-0.2, 0) is 33.4 Å². The summed E-state index contributed by atoms with van der Waals surface area (Å²) >= 11 is 0. The molecule has 0 aromatic rings. The molecule has 40 heavy (non-hydrogen) atoms. The number of carbonyl (C=O) groups is 5. The summed E-state index contributed by atoms with van der Waals surface area (Å²) in [6.07, 6.45) is 6.09. The maximum atomic E-state index is 13.9. The summed E-state index contributed by atoms with van der Waals surface area (Å²) in [5.74, 6) is -1.60. The average molecular weight is 563 g/mol. The number of carboxylic acids is 1. The number of rotatable bonds is 4. The van der Waals surface area contributed by atoms with Crippen LogP contribution in [0.4, 0.5) is 0 Å². The lowest BCUT2D eigenvalue weighted by atomic mass is 9.33. The molecule has 1 N–H and O–H groups in total. The van der Waals surface area contributed by atoms with Gasteiger partial charge < -0.3 is 19.4 Å². The van der Waals surface area contributed by atoms with Gasteiger partial charge >= 0.3 is 17.9 Å². The van der Waals surface area contributed by atoms with E-state index in [1.54, 1.807) is 0 Å². The summed E-state index contributed by atoms with van der Waals surface area (Å²) in [6, 6.07) is 0. The van der Waals surface area contributed by atoms with E-state index in [1.807, 2.05) is 0 Å². The lowest BCUT2D eigenvalue weighted by molar-refractivity contribution is -0.237. The molecule has 0 heterocycles. The molecule has 0 aromatic heterocycles. The number of carbonyl (C=O) groups excluding carboxylic acids is 4. The molecule has 0 radical (unpaired) electrons. The fraction of sp³-hybridized carbons (Fsp3) is 0.844. The van der Waals surface area contributed by atoms with Crippen LogP contribution in [0.25, 0.3) is 0 Å². The number of carboxylic acid groups (broad SMARTS) is 1. The molecule has 0 saturated heterocycles. The highest BCUT2D eigenvalue weighted by molar-refractivity contribution is 6.05. The summed E-state index contributed by atoms with van der Waals surface area (Å²) in [6.45, 7) is 16.9. The fourth-order valence-corrected chi connectivity index (χ4v) is 9.77. The van der Waals surface area contributed by atoms with Crippen LogP contribution in [0.5, 0.6) is 0 Å². The molecule has 8 nitrogen and oxygen atoms in total. The Labute approximate surface area is 239 Å². The smallest absolute Gasteiger partial charge is 0.320 e. The predicted octanol–water partition coefficient (Wildman–Crippen LogP) is 5.79. The lowest BCUT2D eigenvalue weighted by Gasteiger charge is -2.71. The number of hydrogen-bond donors (Lipinski definition) is 1. The van der Waals surface area contributed by atoms with Crippen LogP contribution in [0, 0.1) is 44.8 Å². The van der Waals surface area contributed by atoms with Gasteiger partial charge in [0.2, 0.25) is 0 Å². The van der Waals surface area contributed by atoms with E-state index in [0.717, 1.165) is 32.1 Å². The summed E-state index contributed by atoms with van der Waals surface area (Å²) < 4.78 is 10.9. The van der Waals surface area contributed by atoms with Crippen LogP contribution < -0.4 is 0 Å². The first-order valence-corrected chi connectivity index (χ1v) is 14.8. The quantitative estimate of drug-likeness (QED) is 0.337. The molecule has 8 atom stereocenters. The summed E-state index contributed by atoms with van der Waals surface area (Å²) in [7, 11) is 0. The average Bonchev–Trinajstić information content (AvgIpc) is 2.80. The van der Waals surface area contributed by atoms with Gasteiger partial charge in [0.05, 0.1) is 0 Å². The molecule has 8 heteroatoms. The number of esters is 2. The maximum absolute atomic E-state index is 13.9. The Morgan fingerprint density at radius 2 is 1.38 bits per heavy atom. The van der Waals surface area contributed by atoms with Gasteiger partial charge in [-0.1, -0.05) is 34.6 Å². The van der Waals surface area contributed by atoms with Crippen molar-refractivity contribution in [1.29, 1.82) is 0 Å². The highest BCUT2D eigenvalue weighted by Gasteiger charge is 2.71. The van der Waals surface area contributed by atoms with Gasteiger partial charge in [0.25, 0.3) is 0 Å². The van der Waals surface area contributed by atoms with Crippen molar-refractivity contribution in [3.05, 3.63) is 0 Å². The van der Waals surface area contributed by atoms with E-state index in [0.29, 0.717) is 24.7 Å². The first-order valence-electron chi connectivity index (χ1n) is 14.8. The zero-order valence-electron chi connectivity index (χ0n) is 26.0. The van der Waals surface area contributed by atoms with Crippen molar-refractivity contribution in [2.45, 2.75) is 120 Å². The van der Waals surface area contributed by atoms with E-state index in [4.69, 9.17) is 9.47 Å². The topological polar surface area (TPSA) is 124 Å². The monoisotopic (exact) mass is 562 g/mol. The van der Waals surface area contributed by atoms with Crippen LogP contribution in [0.3, 0.4) is 0 Å². The molecule has 4 saturated carbocycles. The lowest BCUT2D eigenvalue weighted by Crippen LogP contribution is -2.68. The van der Waals surface area contributed by atoms with Crippen molar-refractivity contribution in [1.82, 2.24) is 0 Å². The summed E-state index contributed by atoms with van der Waals surface area (Å²) in [5.41, 5.74) is -2.14. The molecule has 4 aliphatic rings. The van der Waals surface area contributed by atoms with Crippen molar-refractivity contribution in [3.63, 3.8) is 0 Å². The van der Waals surface area contributed by atoms with E-state index in [9.17, 15) is 29.1 Å². The molecule has 4 fully saturated rings. The zero-order chi connectivity index (χ0) is 30.5. The fourth-order valence-electron chi connectivity index (χ4n) is 9.77. The van der Waals surface area contributed by atoms with Gasteiger partial charge in [-0.2, -0.15) is 0 Å². The third kappa shape index (κ3) is 5.02. The van der Waals surface area contributed by atoms with Crippen molar-refractivity contribution in [3.8, 4) is 0 Å². The van der Waals surface area contributed by atoms with Crippen LogP contribution >= 0.6 is 0 Å². The summed E-state index contributed by atoms with van der Waals surface area (Å²) in [5, 5.41) is 10.1. The highest BCUT2D eigenvalue weighted by Crippen LogP contribution is 2.74. The maximum Gasteiger partial charge on any atom is 0.320 e. The number of ether oxygens (including phenoxy) is 2. The number of ketones is 2. The normalized spacial score (nSPS) is 41.6. The number of Topliss-reactive ketones (excluding diaryl/α,β-unsaturated/α-hetero) is 2. The second-order valence-electron chi connectivity index (χ2n) is 14.5. The Hall–Kier alpha value is -2.25. The molecule has 0 aliphatic heterocycles. The predicted molar refractivity (Wildman–Crippen MR) is 149 cm³/mol. The van der Waals surface area contributed by atoms with Crippen molar-refractivity contribution < 1.29 is 38.6 Å². The molecule has 0 aromatic carbocycles. The van der Waals surface area contributed by atoms with Gasteiger partial charge in [0, 0.05) is 25.2 Å². The molecule has 4 aliphatic carbocycles. The van der Waals surface area contributed by atoms with Gasteiger partial charge in [0.1, 0.15) is 18.5 Å². The van der Waals surface area contributed by atoms with Crippen molar-refractivity contribution >= 4 is 29.5 Å². The van der Waals surface area contributed by atoms with E-state index in [1.165, 1.54) is 27.7 Å². The van der Waals surface area contributed by atoms with Gasteiger partial charge in [-0.3, -0.25) is 19.2 Å². The SMILES string of the molecule is CC(=O)OC[C@@]1(C(=O)O)CC[C@]2(C)C(CCC3[C@@]4(C)CC[C@H](OC(C)=O)C(C)(C)C4CC[C@]32C)C1=O.CC(C)=O. The van der Waals surface area contributed by atoms with Crippen LogP contribution in [0.2, 0.25) is 0 Å². The molecule has 3 unspecified atom stereocenters. The Morgan fingerprint density at radius 1 is 0.775 bits per heavy atom. The van der Waals surface area contributed by atoms with Crippen LogP contribution in [-0.4, -0.2) is 47.3 Å². The Kier molecular flexibility index (Phi) is 8.76. The van der Waals surface area contributed by atoms with E-state index < -0.39 is 17.4 Å². The van der Waals surface area contributed by atoms with Gasteiger partial charge in [-0.25, -0.2) is 0 Å². The molecule has 4 rings (SSSR count). The largest absolute Gasteiger partial charge is 0.480 e. The van der Waals surface area contributed by atoms with Gasteiger partial charge in [-0.15, -0.1) is 0 Å². The molecule has 0 spiro atoms. The molecule has 226 valence electrons. The summed E-state index contributed by atoms with van der Waals surface area (Å²) in [4.78, 5) is 59.1. The standard InChI is InChI=1S/C29H44O7.C3H6O/c1-17(30)35-16-29(24(33)34)15-14-27(6)19(23(29)32)8-9-21-26(5)12-11-22(36-18(2)31)25(3,4)20(26)10-13-28(21,27)7;1-3(2)4/h19-22H,8-16H2,1-7H3,(H,33,34);1-2H3/t19?,20?,21?,22-,26-,27+,28+,29-;/m0./s1. The second kappa shape index (κ2) is 10.9. The van der Waals surface area contributed by atoms with Gasteiger partial charge in [-0.05, 0) is 93.3 Å². The Bertz CT molecular complexity index is 1060. The Morgan fingerprint density at radius 3 is 1.90 bits per heavy atom. The second-order valence-corrected chi connectivity index (χ2v) is 14.5. The highest BCUT2D eigenvalue weighted by atomic mass is 16.5. The Balaban J connectivity index is 0.00000103. The first kappa shape index (κ1) is 32.3. The molecule has 0 bridgehead atoms. The minimum absolute atomic E-state index is 0.0588. The van der Waals surface area contributed by atoms with Crippen LogP contribution in [0.15, 0.2) is 0 Å².